The fraction of sp³-hybridized carbons (Fsp3) is 0.222. The van der Waals surface area contributed by atoms with Gasteiger partial charge in [0.15, 0.2) is 0 Å². The molecule has 2 N–H and O–H groups in total. The molecule has 4 amide bonds. The number of methoxy groups -OCH3 is 1. The maximum Gasteiger partial charge on any atom is 0.325 e. The molecule has 1 atom stereocenters. The van der Waals surface area contributed by atoms with E-state index in [1.807, 2.05) is 12.1 Å². The minimum Gasteiger partial charge on any atom is -0.497 e. The van der Waals surface area contributed by atoms with Crippen LogP contribution in [-0.2, 0) is 9.59 Å². The van der Waals surface area contributed by atoms with Crippen LogP contribution in [0.25, 0.3) is 0 Å². The fourth-order valence-corrected chi connectivity index (χ4v) is 2.68. The van der Waals surface area contributed by atoms with Crippen LogP contribution >= 0.6 is 0 Å². The summed E-state index contributed by atoms with van der Waals surface area (Å²) in [6.07, 6.45) is 3.27. The molecule has 0 aliphatic carbocycles. The third kappa shape index (κ3) is 3.80. The number of nitrogens with one attached hydrogen (secondary N) is 2. The lowest BCUT2D eigenvalue weighted by Crippen LogP contribution is -2.42. The van der Waals surface area contributed by atoms with E-state index in [9.17, 15) is 14.4 Å². The maximum atomic E-state index is 12.4. The number of pyridine rings is 1. The highest BCUT2D eigenvalue weighted by molar-refractivity contribution is 6.04. The molecule has 0 bridgehead atoms. The first-order valence-electron chi connectivity index (χ1n) is 8.00. The van der Waals surface area contributed by atoms with Crippen molar-refractivity contribution in [2.45, 2.75) is 6.04 Å². The van der Waals surface area contributed by atoms with Crippen molar-refractivity contribution >= 4 is 17.8 Å². The van der Waals surface area contributed by atoms with E-state index in [1.165, 1.54) is 0 Å². The van der Waals surface area contributed by atoms with Crippen LogP contribution < -0.4 is 15.4 Å². The summed E-state index contributed by atoms with van der Waals surface area (Å²) in [5.41, 5.74) is 1.67. The van der Waals surface area contributed by atoms with Gasteiger partial charge in [-0.2, -0.15) is 0 Å². The number of carbonyl (C=O) groups excluding carboxylic acids is 3. The number of carbonyl (C=O) groups is 3. The van der Waals surface area contributed by atoms with Crippen LogP contribution in [0.15, 0.2) is 48.8 Å². The van der Waals surface area contributed by atoms with E-state index < -0.39 is 23.9 Å². The van der Waals surface area contributed by atoms with Crippen molar-refractivity contribution in [3.05, 3.63) is 59.9 Å². The standard InChI is InChI=1S/C18H18N4O4/c1-26-14-4-2-12(3-5-14)17(13-6-8-19-9-7-13)21-15(23)11-22-16(24)10-20-18(22)25/h2-9,17H,10-11H2,1H3,(H,20,25)(H,21,23). The van der Waals surface area contributed by atoms with E-state index in [0.717, 1.165) is 16.0 Å². The van der Waals surface area contributed by atoms with Crippen molar-refractivity contribution < 1.29 is 19.1 Å². The fourth-order valence-electron chi connectivity index (χ4n) is 2.68. The van der Waals surface area contributed by atoms with E-state index in [2.05, 4.69) is 15.6 Å². The van der Waals surface area contributed by atoms with Crippen LogP contribution in [0, 0.1) is 0 Å². The minimum absolute atomic E-state index is 0.0849. The molecule has 0 radical (unpaired) electrons. The molecule has 26 heavy (non-hydrogen) atoms. The van der Waals surface area contributed by atoms with Gasteiger partial charge in [0.05, 0.1) is 19.7 Å². The lowest BCUT2D eigenvalue weighted by atomic mass is 9.99. The van der Waals surface area contributed by atoms with Crippen molar-refractivity contribution in [1.29, 1.82) is 0 Å². The number of amides is 4. The molecular formula is C18H18N4O4. The number of aromatic nitrogens is 1. The monoisotopic (exact) mass is 354 g/mol. The number of rotatable bonds is 6. The Balaban J connectivity index is 1.80. The first-order valence-corrected chi connectivity index (χ1v) is 8.00. The molecule has 1 fully saturated rings. The zero-order chi connectivity index (χ0) is 18.5. The molecule has 1 aromatic heterocycles. The van der Waals surface area contributed by atoms with Crippen molar-refractivity contribution in [2.75, 3.05) is 20.2 Å². The van der Waals surface area contributed by atoms with Gasteiger partial charge in [-0.25, -0.2) is 4.79 Å². The quantitative estimate of drug-likeness (QED) is 0.749. The molecule has 134 valence electrons. The van der Waals surface area contributed by atoms with Gasteiger partial charge >= 0.3 is 6.03 Å². The second kappa shape index (κ2) is 7.64. The van der Waals surface area contributed by atoms with Gasteiger partial charge in [-0.3, -0.25) is 19.5 Å². The van der Waals surface area contributed by atoms with Crippen molar-refractivity contribution in [2.24, 2.45) is 0 Å². The minimum atomic E-state index is -0.560. The first-order chi connectivity index (χ1) is 12.6. The Morgan fingerprint density at radius 1 is 1.19 bits per heavy atom. The van der Waals surface area contributed by atoms with Crippen molar-refractivity contribution in [1.82, 2.24) is 20.5 Å². The van der Waals surface area contributed by atoms with Gasteiger partial charge in [-0.1, -0.05) is 12.1 Å². The predicted molar refractivity (Wildman–Crippen MR) is 92.3 cm³/mol. The summed E-state index contributed by atoms with van der Waals surface area (Å²) in [6, 6.07) is 9.87. The van der Waals surface area contributed by atoms with Gasteiger partial charge in [0.25, 0.3) is 5.91 Å². The highest BCUT2D eigenvalue weighted by Gasteiger charge is 2.31. The van der Waals surface area contributed by atoms with Crippen LogP contribution in [0.5, 0.6) is 5.75 Å². The van der Waals surface area contributed by atoms with Crippen LogP contribution in [0.2, 0.25) is 0 Å². The van der Waals surface area contributed by atoms with Gasteiger partial charge in [0, 0.05) is 12.4 Å². The average Bonchev–Trinajstić information content (AvgIpc) is 2.99. The van der Waals surface area contributed by atoms with E-state index in [0.29, 0.717) is 5.75 Å². The maximum absolute atomic E-state index is 12.4. The number of hydrogen-bond acceptors (Lipinski definition) is 5. The molecular weight excluding hydrogens is 336 g/mol. The zero-order valence-corrected chi connectivity index (χ0v) is 14.1. The summed E-state index contributed by atoms with van der Waals surface area (Å²) in [4.78, 5) is 40.6. The van der Waals surface area contributed by atoms with E-state index in [-0.39, 0.29) is 13.1 Å². The van der Waals surface area contributed by atoms with Crippen molar-refractivity contribution in [3.63, 3.8) is 0 Å². The highest BCUT2D eigenvalue weighted by atomic mass is 16.5. The second-order valence-corrected chi connectivity index (χ2v) is 5.69. The van der Waals surface area contributed by atoms with Crippen LogP contribution in [-0.4, -0.2) is 47.9 Å². The number of ether oxygens (including phenoxy) is 1. The summed E-state index contributed by atoms with van der Waals surface area (Å²) >= 11 is 0. The molecule has 0 spiro atoms. The number of urea groups is 1. The first kappa shape index (κ1) is 17.4. The zero-order valence-electron chi connectivity index (χ0n) is 14.1. The van der Waals surface area contributed by atoms with E-state index in [4.69, 9.17) is 4.74 Å². The Kier molecular flexibility index (Phi) is 5.12. The molecule has 2 aromatic rings. The van der Waals surface area contributed by atoms with E-state index >= 15 is 0 Å². The lowest BCUT2D eigenvalue weighted by molar-refractivity contribution is -0.130. The van der Waals surface area contributed by atoms with Gasteiger partial charge in [0.1, 0.15) is 12.3 Å². The summed E-state index contributed by atoms with van der Waals surface area (Å²) in [6.45, 7) is -0.416. The Bertz CT molecular complexity index is 792. The van der Waals surface area contributed by atoms with Gasteiger partial charge in [0.2, 0.25) is 5.91 Å². The molecule has 1 aliphatic heterocycles. The number of hydrogen-bond donors (Lipinski definition) is 2. The third-order valence-corrected chi connectivity index (χ3v) is 4.03. The average molecular weight is 354 g/mol. The number of benzene rings is 1. The smallest absolute Gasteiger partial charge is 0.325 e. The van der Waals surface area contributed by atoms with Crippen LogP contribution in [0.4, 0.5) is 4.79 Å². The summed E-state index contributed by atoms with van der Waals surface area (Å²) in [5, 5.41) is 5.26. The van der Waals surface area contributed by atoms with Crippen molar-refractivity contribution in [3.8, 4) is 5.75 Å². The highest BCUT2D eigenvalue weighted by Crippen LogP contribution is 2.23. The Hall–Kier alpha value is -3.42. The van der Waals surface area contributed by atoms with Gasteiger partial charge in [-0.15, -0.1) is 0 Å². The predicted octanol–water partition coefficient (Wildman–Crippen LogP) is 0.848. The molecule has 8 heteroatoms. The molecule has 0 saturated carbocycles. The second-order valence-electron chi connectivity index (χ2n) is 5.69. The molecule has 1 aromatic carbocycles. The molecule has 2 heterocycles. The Morgan fingerprint density at radius 3 is 2.42 bits per heavy atom. The summed E-state index contributed by atoms with van der Waals surface area (Å²) in [7, 11) is 1.58. The van der Waals surface area contributed by atoms with Crippen LogP contribution in [0.1, 0.15) is 17.2 Å². The van der Waals surface area contributed by atoms with Gasteiger partial charge in [-0.05, 0) is 35.4 Å². The number of imide groups is 1. The molecule has 1 unspecified atom stereocenters. The SMILES string of the molecule is COc1ccc(C(NC(=O)CN2C(=O)CNC2=O)c2ccncc2)cc1. The summed E-state index contributed by atoms with van der Waals surface area (Å²) in [5.74, 6) is -0.157. The summed E-state index contributed by atoms with van der Waals surface area (Å²) < 4.78 is 5.16. The van der Waals surface area contributed by atoms with Gasteiger partial charge < -0.3 is 15.4 Å². The van der Waals surface area contributed by atoms with Crippen LogP contribution in [0.3, 0.4) is 0 Å². The van der Waals surface area contributed by atoms with E-state index in [1.54, 1.807) is 43.8 Å². The topological polar surface area (TPSA) is 101 Å². The lowest BCUT2D eigenvalue weighted by Gasteiger charge is -2.21. The molecule has 8 nitrogen and oxygen atoms in total. The third-order valence-electron chi connectivity index (χ3n) is 4.03. The Labute approximate surface area is 150 Å². The molecule has 1 saturated heterocycles. The number of nitrogens with zero attached hydrogens (tertiary/aromatic N) is 2. The molecule has 3 rings (SSSR count). The normalized spacial score (nSPS) is 14.7. The largest absolute Gasteiger partial charge is 0.497 e. The Morgan fingerprint density at radius 2 is 1.85 bits per heavy atom. The molecule has 1 aliphatic rings.